The molecule has 4 heteroatoms. The number of likely N-dealkylation sites (N-methyl/N-ethyl adjacent to an activating group) is 1. The highest BCUT2D eigenvalue weighted by Crippen LogP contribution is 2.17. The van der Waals surface area contributed by atoms with Crippen molar-refractivity contribution in [1.29, 1.82) is 0 Å². The maximum Gasteiger partial charge on any atom is 0.122 e. The van der Waals surface area contributed by atoms with Crippen LogP contribution in [0.15, 0.2) is 35.2 Å². The fourth-order valence-electron chi connectivity index (χ4n) is 2.13. The van der Waals surface area contributed by atoms with Crippen molar-refractivity contribution in [2.75, 3.05) is 27.2 Å². The summed E-state index contributed by atoms with van der Waals surface area (Å²) in [6, 6.07) is 4.21. The van der Waals surface area contributed by atoms with Crippen molar-refractivity contribution < 1.29 is 9.15 Å². The Morgan fingerprint density at radius 2 is 2.39 bits per heavy atom. The number of nitrogens with one attached hydrogen (secondary N) is 1. The molecule has 100 valence electrons. The Hall–Kier alpha value is -1.26. The zero-order valence-electron chi connectivity index (χ0n) is 11.1. The molecule has 0 saturated heterocycles. The van der Waals surface area contributed by atoms with Gasteiger partial charge in [-0.05, 0) is 45.1 Å². The predicted octanol–water partition coefficient (Wildman–Crippen LogP) is 2.16. The van der Waals surface area contributed by atoms with Crippen LogP contribution in [0.5, 0.6) is 0 Å². The highest BCUT2D eigenvalue weighted by molar-refractivity contribution is 5.05. The van der Waals surface area contributed by atoms with Gasteiger partial charge in [0.1, 0.15) is 11.9 Å². The molecule has 0 bridgehead atoms. The first-order chi connectivity index (χ1) is 8.77. The normalized spacial score (nSPS) is 20.9. The Balaban J connectivity index is 1.78. The number of allylic oxidation sites excluding steroid dienone is 1. The number of furan rings is 1. The van der Waals surface area contributed by atoms with Crippen LogP contribution in [0.3, 0.4) is 0 Å². The van der Waals surface area contributed by atoms with Gasteiger partial charge in [0, 0.05) is 13.1 Å². The molecule has 18 heavy (non-hydrogen) atoms. The van der Waals surface area contributed by atoms with Gasteiger partial charge in [0.2, 0.25) is 0 Å². The summed E-state index contributed by atoms with van der Waals surface area (Å²) in [5.41, 5.74) is 0. The molecule has 1 N–H and O–H groups in total. The molecule has 0 radical (unpaired) electrons. The first-order valence-corrected chi connectivity index (χ1v) is 6.48. The second kappa shape index (κ2) is 6.61. The van der Waals surface area contributed by atoms with Crippen LogP contribution in [0.25, 0.3) is 0 Å². The lowest BCUT2D eigenvalue weighted by Gasteiger charge is -2.25. The molecule has 1 aromatic heterocycles. The maximum atomic E-state index is 5.53. The molecule has 2 unspecified atom stereocenters. The summed E-state index contributed by atoms with van der Waals surface area (Å²) in [7, 11) is 4.13. The Morgan fingerprint density at radius 1 is 1.50 bits per heavy atom. The predicted molar refractivity (Wildman–Crippen MR) is 71.3 cm³/mol. The summed E-state index contributed by atoms with van der Waals surface area (Å²) >= 11 is 0. The van der Waals surface area contributed by atoms with Crippen LogP contribution in [-0.4, -0.2) is 38.2 Å². The van der Waals surface area contributed by atoms with Crippen molar-refractivity contribution in [2.24, 2.45) is 0 Å². The van der Waals surface area contributed by atoms with E-state index in [0.29, 0.717) is 6.10 Å². The van der Waals surface area contributed by atoms with Gasteiger partial charge >= 0.3 is 0 Å². The maximum absolute atomic E-state index is 5.53. The minimum Gasteiger partial charge on any atom is -0.497 e. The third-order valence-corrected chi connectivity index (χ3v) is 3.23. The minimum absolute atomic E-state index is 0.263. The van der Waals surface area contributed by atoms with Gasteiger partial charge in [-0.2, -0.15) is 0 Å². The van der Waals surface area contributed by atoms with Gasteiger partial charge in [0.05, 0.1) is 18.6 Å². The number of hydrogen-bond acceptors (Lipinski definition) is 4. The van der Waals surface area contributed by atoms with E-state index in [1.165, 1.54) is 0 Å². The summed E-state index contributed by atoms with van der Waals surface area (Å²) < 4.78 is 11.0. The van der Waals surface area contributed by atoms with Gasteiger partial charge in [0.25, 0.3) is 0 Å². The van der Waals surface area contributed by atoms with E-state index in [-0.39, 0.29) is 6.04 Å². The number of nitrogens with zero attached hydrogens (tertiary/aromatic N) is 1. The number of ether oxygens (including phenoxy) is 1. The topological polar surface area (TPSA) is 37.6 Å². The molecule has 0 aliphatic carbocycles. The molecule has 1 aliphatic heterocycles. The van der Waals surface area contributed by atoms with E-state index >= 15 is 0 Å². The van der Waals surface area contributed by atoms with Gasteiger partial charge in [-0.15, -0.1) is 0 Å². The SMILES string of the molecule is CN(C)C(CNCC1CCC=CO1)c1ccco1. The van der Waals surface area contributed by atoms with Crippen LogP contribution >= 0.6 is 0 Å². The van der Waals surface area contributed by atoms with Crippen molar-refractivity contribution >= 4 is 0 Å². The van der Waals surface area contributed by atoms with Gasteiger partial charge in [-0.3, -0.25) is 4.90 Å². The molecule has 4 nitrogen and oxygen atoms in total. The average molecular weight is 250 g/mol. The number of hydrogen-bond donors (Lipinski definition) is 1. The van der Waals surface area contributed by atoms with Crippen molar-refractivity contribution in [3.8, 4) is 0 Å². The molecular weight excluding hydrogens is 228 g/mol. The highest BCUT2D eigenvalue weighted by Gasteiger charge is 2.17. The second-order valence-corrected chi connectivity index (χ2v) is 4.86. The Bertz CT molecular complexity index is 360. The van der Waals surface area contributed by atoms with Gasteiger partial charge in [-0.25, -0.2) is 0 Å². The first-order valence-electron chi connectivity index (χ1n) is 6.48. The van der Waals surface area contributed by atoms with Crippen LogP contribution in [0.4, 0.5) is 0 Å². The Kier molecular flexibility index (Phi) is 4.84. The lowest BCUT2D eigenvalue weighted by atomic mass is 10.1. The largest absolute Gasteiger partial charge is 0.497 e. The summed E-state index contributed by atoms with van der Waals surface area (Å²) in [6.07, 6.45) is 8.11. The fraction of sp³-hybridized carbons (Fsp3) is 0.571. The minimum atomic E-state index is 0.263. The second-order valence-electron chi connectivity index (χ2n) is 4.86. The van der Waals surface area contributed by atoms with E-state index in [4.69, 9.17) is 9.15 Å². The van der Waals surface area contributed by atoms with E-state index in [2.05, 4.69) is 30.4 Å². The van der Waals surface area contributed by atoms with Crippen LogP contribution in [-0.2, 0) is 4.74 Å². The molecule has 1 aromatic rings. The monoisotopic (exact) mass is 250 g/mol. The standard InChI is InChI=1S/C14H22N2O2/c1-16(2)13(14-7-5-9-18-14)11-15-10-12-6-3-4-8-17-12/h4-5,7-9,12-13,15H,3,6,10-11H2,1-2H3. The molecule has 0 spiro atoms. The zero-order valence-corrected chi connectivity index (χ0v) is 11.1. The molecule has 2 heterocycles. The van der Waals surface area contributed by atoms with Crippen LogP contribution in [0.1, 0.15) is 24.6 Å². The summed E-state index contributed by atoms with van der Waals surface area (Å²) in [4.78, 5) is 2.16. The van der Waals surface area contributed by atoms with Crippen molar-refractivity contribution in [2.45, 2.75) is 25.0 Å². The molecule has 2 atom stereocenters. The van der Waals surface area contributed by atoms with Gasteiger partial charge in [-0.1, -0.05) is 0 Å². The third-order valence-electron chi connectivity index (χ3n) is 3.23. The summed E-state index contributed by atoms with van der Waals surface area (Å²) in [5, 5.41) is 3.46. The van der Waals surface area contributed by atoms with Crippen molar-refractivity contribution in [3.05, 3.63) is 36.5 Å². The molecule has 1 aliphatic rings. The van der Waals surface area contributed by atoms with Crippen molar-refractivity contribution in [3.63, 3.8) is 0 Å². The van der Waals surface area contributed by atoms with Crippen molar-refractivity contribution in [1.82, 2.24) is 10.2 Å². The van der Waals surface area contributed by atoms with Crippen LogP contribution < -0.4 is 5.32 Å². The fourth-order valence-corrected chi connectivity index (χ4v) is 2.13. The van der Waals surface area contributed by atoms with Gasteiger partial charge < -0.3 is 14.5 Å². The smallest absolute Gasteiger partial charge is 0.122 e. The van der Waals surface area contributed by atoms with E-state index in [1.54, 1.807) is 6.26 Å². The lowest BCUT2D eigenvalue weighted by molar-refractivity contribution is 0.119. The number of rotatable bonds is 6. The molecule has 0 saturated carbocycles. The molecule has 0 aromatic carbocycles. The van der Waals surface area contributed by atoms with E-state index in [1.807, 2.05) is 18.4 Å². The first kappa shape index (κ1) is 13.2. The van der Waals surface area contributed by atoms with E-state index in [9.17, 15) is 0 Å². The lowest BCUT2D eigenvalue weighted by Crippen LogP contribution is -2.36. The highest BCUT2D eigenvalue weighted by atomic mass is 16.5. The van der Waals surface area contributed by atoms with E-state index in [0.717, 1.165) is 31.7 Å². The zero-order chi connectivity index (χ0) is 12.8. The average Bonchev–Trinajstić information content (AvgIpc) is 2.89. The Morgan fingerprint density at radius 3 is 3.00 bits per heavy atom. The van der Waals surface area contributed by atoms with Crippen LogP contribution in [0.2, 0.25) is 0 Å². The van der Waals surface area contributed by atoms with Gasteiger partial charge in [0.15, 0.2) is 0 Å². The Labute approximate surface area is 109 Å². The third kappa shape index (κ3) is 3.62. The molecular formula is C14H22N2O2. The molecule has 2 rings (SSSR count). The van der Waals surface area contributed by atoms with E-state index < -0.39 is 0 Å². The summed E-state index contributed by atoms with van der Waals surface area (Å²) in [5.74, 6) is 0.997. The molecule has 0 fully saturated rings. The molecule has 0 amide bonds. The summed E-state index contributed by atoms with van der Waals surface area (Å²) in [6.45, 7) is 1.75. The quantitative estimate of drug-likeness (QED) is 0.839. The van der Waals surface area contributed by atoms with Crippen LogP contribution in [0, 0.1) is 0 Å².